The lowest BCUT2D eigenvalue weighted by Crippen LogP contribution is -2.40. The van der Waals surface area contributed by atoms with Crippen LogP contribution in [0.15, 0.2) is 48.5 Å². The molecule has 26 heavy (non-hydrogen) atoms. The highest BCUT2D eigenvalue weighted by molar-refractivity contribution is 6.30. The van der Waals surface area contributed by atoms with Gasteiger partial charge in [0, 0.05) is 35.8 Å². The Morgan fingerprint density at radius 1 is 1.04 bits per heavy atom. The monoisotopic (exact) mass is 372 g/mol. The second-order valence-corrected chi connectivity index (χ2v) is 6.56. The van der Waals surface area contributed by atoms with E-state index in [2.05, 4.69) is 5.32 Å². The van der Waals surface area contributed by atoms with E-state index >= 15 is 0 Å². The standard InChI is InChI=1S/C20H21ClN2O3/c21-18-6-1-3-15(13-18)7-8-22-19(24)16-4-2-5-17(14-16)20(25)23-9-11-26-12-10-23/h1-6,13-14H,7-12H2,(H,22,24). The van der Waals surface area contributed by atoms with Crippen molar-refractivity contribution in [1.29, 1.82) is 0 Å². The number of rotatable bonds is 5. The van der Waals surface area contributed by atoms with Crippen molar-refractivity contribution in [3.63, 3.8) is 0 Å². The third kappa shape index (κ3) is 4.84. The first-order chi connectivity index (χ1) is 12.6. The molecule has 0 bridgehead atoms. The van der Waals surface area contributed by atoms with Gasteiger partial charge in [0.25, 0.3) is 11.8 Å². The first-order valence-electron chi connectivity index (χ1n) is 8.63. The van der Waals surface area contributed by atoms with E-state index in [1.54, 1.807) is 29.2 Å². The molecule has 0 atom stereocenters. The molecule has 6 heteroatoms. The second kappa shape index (κ2) is 8.83. The maximum absolute atomic E-state index is 12.5. The lowest BCUT2D eigenvalue weighted by atomic mass is 10.1. The van der Waals surface area contributed by atoms with Gasteiger partial charge in [0.1, 0.15) is 0 Å². The van der Waals surface area contributed by atoms with E-state index in [0.29, 0.717) is 55.4 Å². The molecule has 1 fully saturated rings. The smallest absolute Gasteiger partial charge is 0.254 e. The van der Waals surface area contributed by atoms with Crippen LogP contribution in [0.2, 0.25) is 5.02 Å². The first kappa shape index (κ1) is 18.4. The number of nitrogens with one attached hydrogen (secondary N) is 1. The zero-order valence-electron chi connectivity index (χ0n) is 14.4. The third-order valence-electron chi connectivity index (χ3n) is 4.26. The number of carbonyl (C=O) groups is 2. The molecule has 0 radical (unpaired) electrons. The first-order valence-corrected chi connectivity index (χ1v) is 9.01. The van der Waals surface area contributed by atoms with Gasteiger partial charge >= 0.3 is 0 Å². The van der Waals surface area contributed by atoms with Gasteiger partial charge in [0.2, 0.25) is 0 Å². The largest absolute Gasteiger partial charge is 0.378 e. The van der Waals surface area contributed by atoms with Gasteiger partial charge in [-0.15, -0.1) is 0 Å². The van der Waals surface area contributed by atoms with Gasteiger partial charge in [-0.05, 0) is 42.3 Å². The van der Waals surface area contributed by atoms with Crippen molar-refractivity contribution >= 4 is 23.4 Å². The van der Waals surface area contributed by atoms with Crippen molar-refractivity contribution in [2.75, 3.05) is 32.8 Å². The van der Waals surface area contributed by atoms with Crippen LogP contribution in [0.1, 0.15) is 26.3 Å². The minimum absolute atomic E-state index is 0.0677. The van der Waals surface area contributed by atoms with Crippen LogP contribution in [-0.2, 0) is 11.2 Å². The zero-order valence-corrected chi connectivity index (χ0v) is 15.2. The number of halogens is 1. The molecule has 3 rings (SSSR count). The average molecular weight is 373 g/mol. The summed E-state index contributed by atoms with van der Waals surface area (Å²) in [5, 5.41) is 3.57. The van der Waals surface area contributed by atoms with Crippen molar-refractivity contribution in [2.24, 2.45) is 0 Å². The van der Waals surface area contributed by atoms with Gasteiger partial charge < -0.3 is 15.0 Å². The fraction of sp³-hybridized carbons (Fsp3) is 0.300. The molecule has 0 spiro atoms. The fourth-order valence-corrected chi connectivity index (χ4v) is 3.07. The molecular formula is C20H21ClN2O3. The van der Waals surface area contributed by atoms with E-state index < -0.39 is 0 Å². The summed E-state index contributed by atoms with van der Waals surface area (Å²) in [4.78, 5) is 26.7. The maximum atomic E-state index is 12.5. The summed E-state index contributed by atoms with van der Waals surface area (Å²) in [5.74, 6) is -0.259. The highest BCUT2D eigenvalue weighted by Gasteiger charge is 2.19. The molecule has 0 unspecified atom stereocenters. The summed E-state index contributed by atoms with van der Waals surface area (Å²) in [7, 11) is 0. The Morgan fingerprint density at radius 3 is 2.54 bits per heavy atom. The third-order valence-corrected chi connectivity index (χ3v) is 4.49. The SMILES string of the molecule is O=C(NCCc1cccc(Cl)c1)c1cccc(C(=O)N2CCOCC2)c1. The molecule has 0 aromatic heterocycles. The lowest BCUT2D eigenvalue weighted by Gasteiger charge is -2.27. The zero-order chi connectivity index (χ0) is 18.4. The van der Waals surface area contributed by atoms with Crippen LogP contribution in [0.25, 0.3) is 0 Å². The van der Waals surface area contributed by atoms with E-state index in [1.165, 1.54) is 0 Å². The predicted octanol–water partition coefficient (Wildman–Crippen LogP) is 2.78. The van der Waals surface area contributed by atoms with Crippen LogP contribution in [0.5, 0.6) is 0 Å². The summed E-state index contributed by atoms with van der Waals surface area (Å²) in [6, 6.07) is 14.4. The van der Waals surface area contributed by atoms with Gasteiger partial charge in [-0.3, -0.25) is 9.59 Å². The summed E-state index contributed by atoms with van der Waals surface area (Å²) < 4.78 is 5.27. The normalized spacial score (nSPS) is 14.1. The van der Waals surface area contributed by atoms with Crippen LogP contribution in [-0.4, -0.2) is 49.6 Å². The molecule has 1 saturated heterocycles. The number of benzene rings is 2. The Morgan fingerprint density at radius 2 is 1.77 bits per heavy atom. The van der Waals surface area contributed by atoms with E-state index in [0.717, 1.165) is 5.56 Å². The predicted molar refractivity (Wildman–Crippen MR) is 101 cm³/mol. The van der Waals surface area contributed by atoms with Crippen LogP contribution in [0.3, 0.4) is 0 Å². The van der Waals surface area contributed by atoms with Gasteiger partial charge in [-0.2, -0.15) is 0 Å². The van der Waals surface area contributed by atoms with Gasteiger partial charge in [-0.25, -0.2) is 0 Å². The van der Waals surface area contributed by atoms with Gasteiger partial charge in [-0.1, -0.05) is 29.8 Å². The van der Waals surface area contributed by atoms with Gasteiger partial charge in [0.05, 0.1) is 13.2 Å². The lowest BCUT2D eigenvalue weighted by molar-refractivity contribution is 0.0303. The van der Waals surface area contributed by atoms with Gasteiger partial charge in [0.15, 0.2) is 0 Å². The van der Waals surface area contributed by atoms with E-state index in [1.807, 2.05) is 24.3 Å². The average Bonchev–Trinajstić information content (AvgIpc) is 2.68. The molecule has 1 aliphatic rings. The number of amides is 2. The van der Waals surface area contributed by atoms with Crippen molar-refractivity contribution < 1.29 is 14.3 Å². The summed E-state index contributed by atoms with van der Waals surface area (Å²) >= 11 is 5.96. The topological polar surface area (TPSA) is 58.6 Å². The number of nitrogens with zero attached hydrogens (tertiary/aromatic N) is 1. The highest BCUT2D eigenvalue weighted by atomic mass is 35.5. The quantitative estimate of drug-likeness (QED) is 0.878. The number of hydrogen-bond acceptors (Lipinski definition) is 3. The van der Waals surface area contributed by atoms with Crippen molar-refractivity contribution in [3.05, 3.63) is 70.2 Å². The Balaban J connectivity index is 1.58. The molecule has 0 aliphatic carbocycles. The molecule has 136 valence electrons. The van der Waals surface area contributed by atoms with E-state index in [-0.39, 0.29) is 11.8 Å². The van der Waals surface area contributed by atoms with Crippen LogP contribution >= 0.6 is 11.6 Å². The molecule has 1 N–H and O–H groups in total. The maximum Gasteiger partial charge on any atom is 0.254 e. The van der Waals surface area contributed by atoms with Crippen molar-refractivity contribution in [3.8, 4) is 0 Å². The molecule has 2 aromatic carbocycles. The number of morpholine rings is 1. The molecule has 5 nitrogen and oxygen atoms in total. The molecule has 2 amide bonds. The highest BCUT2D eigenvalue weighted by Crippen LogP contribution is 2.12. The Kier molecular flexibility index (Phi) is 6.26. The molecule has 1 heterocycles. The van der Waals surface area contributed by atoms with Crippen LogP contribution in [0, 0.1) is 0 Å². The molecular weight excluding hydrogens is 352 g/mol. The van der Waals surface area contributed by atoms with E-state index in [4.69, 9.17) is 16.3 Å². The summed E-state index contributed by atoms with van der Waals surface area (Å²) in [5.41, 5.74) is 2.07. The molecule has 0 saturated carbocycles. The van der Waals surface area contributed by atoms with Crippen LogP contribution < -0.4 is 5.32 Å². The Labute approximate surface area is 157 Å². The van der Waals surface area contributed by atoms with Crippen molar-refractivity contribution in [1.82, 2.24) is 10.2 Å². The molecule has 2 aromatic rings. The van der Waals surface area contributed by atoms with Crippen LogP contribution in [0.4, 0.5) is 0 Å². The summed E-state index contributed by atoms with van der Waals surface area (Å²) in [6.45, 7) is 2.76. The minimum Gasteiger partial charge on any atom is -0.378 e. The Bertz CT molecular complexity index is 788. The van der Waals surface area contributed by atoms with Crippen molar-refractivity contribution in [2.45, 2.75) is 6.42 Å². The number of ether oxygens (including phenoxy) is 1. The number of hydrogen-bond donors (Lipinski definition) is 1. The molecule has 1 aliphatic heterocycles. The Hall–Kier alpha value is -2.37. The number of carbonyl (C=O) groups excluding carboxylic acids is 2. The minimum atomic E-state index is -0.191. The van der Waals surface area contributed by atoms with E-state index in [9.17, 15) is 9.59 Å². The fourth-order valence-electron chi connectivity index (χ4n) is 2.86. The second-order valence-electron chi connectivity index (χ2n) is 6.12. The summed E-state index contributed by atoms with van der Waals surface area (Å²) in [6.07, 6.45) is 0.693.